The van der Waals surface area contributed by atoms with Crippen molar-refractivity contribution in [2.75, 3.05) is 14.2 Å². The van der Waals surface area contributed by atoms with Crippen LogP contribution in [0.5, 0.6) is 0 Å². The van der Waals surface area contributed by atoms with E-state index in [0.29, 0.717) is 0 Å². The fourth-order valence-corrected chi connectivity index (χ4v) is 1.74. The molecule has 21 heavy (non-hydrogen) atoms. The highest BCUT2D eigenvalue weighted by Gasteiger charge is 2.14. The minimum Gasteiger partial charge on any atom is -0.468 e. The third-order valence-corrected chi connectivity index (χ3v) is 2.92. The van der Waals surface area contributed by atoms with Gasteiger partial charge < -0.3 is 9.47 Å². The maximum Gasteiger partial charge on any atom is 0.330 e. The van der Waals surface area contributed by atoms with Crippen molar-refractivity contribution < 1.29 is 19.1 Å². The minimum absolute atomic E-state index is 0.495. The van der Waals surface area contributed by atoms with Crippen LogP contribution in [-0.4, -0.2) is 32.4 Å². The first-order valence-electron chi connectivity index (χ1n) is 6.44. The van der Waals surface area contributed by atoms with Gasteiger partial charge in [-0.2, -0.15) is 0 Å². The number of nitrogens with zero attached hydrogens (tertiary/aromatic N) is 1. The number of aryl methyl sites for hydroxylation is 2. The number of benzene rings is 1. The molecule has 0 aliphatic rings. The van der Waals surface area contributed by atoms with E-state index in [4.69, 9.17) is 4.74 Å². The van der Waals surface area contributed by atoms with Gasteiger partial charge in [-0.1, -0.05) is 24.3 Å². The minimum atomic E-state index is -0.742. The Morgan fingerprint density at radius 1 is 1.14 bits per heavy atom. The van der Waals surface area contributed by atoms with Gasteiger partial charge in [0.05, 0.1) is 19.9 Å². The Kier molecular flexibility index (Phi) is 6.33. The highest BCUT2D eigenvalue weighted by molar-refractivity contribution is 5.94. The lowest BCUT2D eigenvalue weighted by Crippen LogP contribution is -2.15. The summed E-state index contributed by atoms with van der Waals surface area (Å²) in [6.45, 7) is 3.88. The van der Waals surface area contributed by atoms with Crippen LogP contribution in [0.25, 0.3) is 0 Å². The van der Waals surface area contributed by atoms with E-state index in [1.165, 1.54) is 32.6 Å². The lowest BCUT2D eigenvalue weighted by atomic mass is 10.1. The number of esters is 2. The van der Waals surface area contributed by atoms with Crippen LogP contribution in [0.2, 0.25) is 0 Å². The largest absolute Gasteiger partial charge is 0.468 e. The second-order valence-corrected chi connectivity index (χ2v) is 4.45. The molecule has 0 heterocycles. The quantitative estimate of drug-likeness (QED) is 0.474. The van der Waals surface area contributed by atoms with Gasteiger partial charge in [0.1, 0.15) is 5.92 Å². The van der Waals surface area contributed by atoms with Gasteiger partial charge in [0, 0.05) is 12.3 Å². The van der Waals surface area contributed by atoms with Crippen molar-refractivity contribution in [3.63, 3.8) is 0 Å². The molecule has 0 bridgehead atoms. The van der Waals surface area contributed by atoms with Crippen molar-refractivity contribution in [2.45, 2.75) is 13.8 Å². The summed E-state index contributed by atoms with van der Waals surface area (Å²) in [5, 5.41) is 0. The van der Waals surface area contributed by atoms with Crippen molar-refractivity contribution >= 4 is 23.8 Å². The van der Waals surface area contributed by atoms with E-state index >= 15 is 0 Å². The maximum absolute atomic E-state index is 11.7. The molecule has 0 aromatic heterocycles. The zero-order chi connectivity index (χ0) is 15.8. The number of aliphatic imine (C=N–C) groups is 1. The van der Waals surface area contributed by atoms with Gasteiger partial charge in [0.2, 0.25) is 0 Å². The Balaban J connectivity index is 3.01. The number of rotatable bonds is 5. The Labute approximate surface area is 124 Å². The van der Waals surface area contributed by atoms with Crippen LogP contribution in [0.3, 0.4) is 0 Å². The van der Waals surface area contributed by atoms with Gasteiger partial charge in [-0.05, 0) is 25.0 Å². The van der Waals surface area contributed by atoms with Gasteiger partial charge in [-0.25, -0.2) is 4.79 Å². The highest BCUT2D eigenvalue weighted by Crippen LogP contribution is 2.22. The molecule has 0 saturated heterocycles. The molecule has 0 amide bonds. The smallest absolute Gasteiger partial charge is 0.330 e. The summed E-state index contributed by atoms with van der Waals surface area (Å²) in [5.41, 5.74) is 2.82. The molecule has 1 rings (SSSR count). The maximum atomic E-state index is 11.7. The van der Waals surface area contributed by atoms with Crippen LogP contribution in [0.4, 0.5) is 5.69 Å². The molecule has 0 fully saturated rings. The molecular formula is C16H19NO4. The van der Waals surface area contributed by atoms with Crippen molar-refractivity contribution in [1.29, 1.82) is 0 Å². The molecule has 0 radical (unpaired) electrons. The first kappa shape index (κ1) is 16.6. The summed E-state index contributed by atoms with van der Waals surface area (Å²) in [5.74, 6) is -1.78. The molecule has 5 heteroatoms. The third kappa shape index (κ3) is 4.87. The number of ether oxygens (including phenoxy) is 2. The van der Waals surface area contributed by atoms with E-state index in [0.717, 1.165) is 16.8 Å². The topological polar surface area (TPSA) is 65.0 Å². The zero-order valence-corrected chi connectivity index (χ0v) is 12.6. The average molecular weight is 289 g/mol. The Hall–Kier alpha value is -2.43. The standard InChI is InChI=1S/C16H19NO4/c1-11-6-5-7-12(2)15(11)17-10-13(16(19)21-4)8-9-14(18)20-3/h5-10,13H,1-4H3. The Morgan fingerprint density at radius 3 is 2.29 bits per heavy atom. The Bertz CT molecular complexity index is 555. The van der Waals surface area contributed by atoms with Crippen LogP contribution in [0.15, 0.2) is 35.3 Å². The molecule has 112 valence electrons. The molecule has 0 aliphatic heterocycles. The molecule has 0 spiro atoms. The van der Waals surface area contributed by atoms with Gasteiger partial charge in [0.25, 0.3) is 0 Å². The molecule has 5 nitrogen and oxygen atoms in total. The van der Waals surface area contributed by atoms with Crippen molar-refractivity contribution in [1.82, 2.24) is 0 Å². The van der Waals surface area contributed by atoms with Crippen molar-refractivity contribution in [3.05, 3.63) is 41.5 Å². The van der Waals surface area contributed by atoms with Gasteiger partial charge in [-0.15, -0.1) is 0 Å². The summed E-state index contributed by atoms with van der Waals surface area (Å²) in [7, 11) is 2.55. The van der Waals surface area contributed by atoms with E-state index in [9.17, 15) is 9.59 Å². The van der Waals surface area contributed by atoms with Crippen LogP contribution in [0.1, 0.15) is 11.1 Å². The fraction of sp³-hybridized carbons (Fsp3) is 0.312. The SMILES string of the molecule is COC(=O)C=CC(C=Nc1c(C)cccc1C)C(=O)OC. The van der Waals surface area contributed by atoms with Gasteiger partial charge in [-0.3, -0.25) is 9.79 Å². The average Bonchev–Trinajstić information content (AvgIpc) is 2.48. The van der Waals surface area contributed by atoms with Crippen LogP contribution in [0, 0.1) is 19.8 Å². The normalized spacial score (nSPS) is 12.6. The summed E-state index contributed by atoms with van der Waals surface area (Å²) < 4.78 is 9.19. The molecular weight excluding hydrogens is 270 g/mol. The number of hydrogen-bond acceptors (Lipinski definition) is 5. The number of carbonyl (C=O) groups is 2. The van der Waals surface area contributed by atoms with E-state index in [-0.39, 0.29) is 0 Å². The number of methoxy groups -OCH3 is 2. The molecule has 0 saturated carbocycles. The first-order chi connectivity index (χ1) is 9.99. The lowest BCUT2D eigenvalue weighted by molar-refractivity contribution is -0.141. The summed E-state index contributed by atoms with van der Waals surface area (Å²) in [6, 6.07) is 5.83. The summed E-state index contributed by atoms with van der Waals surface area (Å²) in [4.78, 5) is 27.1. The van der Waals surface area contributed by atoms with Crippen molar-refractivity contribution in [3.8, 4) is 0 Å². The number of hydrogen-bond donors (Lipinski definition) is 0. The second kappa shape index (κ2) is 7.99. The van der Waals surface area contributed by atoms with Gasteiger partial charge >= 0.3 is 11.9 Å². The van der Waals surface area contributed by atoms with Crippen LogP contribution < -0.4 is 0 Å². The monoisotopic (exact) mass is 289 g/mol. The third-order valence-electron chi connectivity index (χ3n) is 2.92. The van der Waals surface area contributed by atoms with E-state index in [2.05, 4.69) is 9.73 Å². The Morgan fingerprint density at radius 2 is 1.76 bits per heavy atom. The van der Waals surface area contributed by atoms with Gasteiger partial charge in [0.15, 0.2) is 0 Å². The first-order valence-corrected chi connectivity index (χ1v) is 6.44. The second-order valence-electron chi connectivity index (χ2n) is 4.45. The molecule has 0 aliphatic carbocycles. The molecule has 1 aromatic rings. The van der Waals surface area contributed by atoms with E-state index < -0.39 is 17.9 Å². The molecule has 1 aromatic carbocycles. The molecule has 1 atom stereocenters. The van der Waals surface area contributed by atoms with Crippen LogP contribution in [-0.2, 0) is 19.1 Å². The van der Waals surface area contributed by atoms with E-state index in [1.54, 1.807) is 0 Å². The number of para-hydroxylation sites is 1. The highest BCUT2D eigenvalue weighted by atomic mass is 16.5. The predicted octanol–water partition coefficient (Wildman–Crippen LogP) is 2.52. The predicted molar refractivity (Wildman–Crippen MR) is 80.7 cm³/mol. The van der Waals surface area contributed by atoms with Crippen LogP contribution >= 0.6 is 0 Å². The molecule has 1 unspecified atom stereocenters. The lowest BCUT2D eigenvalue weighted by Gasteiger charge is -2.07. The summed E-state index contributed by atoms with van der Waals surface area (Å²) >= 11 is 0. The fourth-order valence-electron chi connectivity index (χ4n) is 1.74. The van der Waals surface area contributed by atoms with Crippen molar-refractivity contribution in [2.24, 2.45) is 10.9 Å². The number of carbonyl (C=O) groups excluding carboxylic acids is 2. The molecule has 0 N–H and O–H groups in total. The summed E-state index contributed by atoms with van der Waals surface area (Å²) in [6.07, 6.45) is 4.04. The zero-order valence-electron chi connectivity index (χ0n) is 12.6. The van der Waals surface area contributed by atoms with E-state index in [1.807, 2.05) is 32.0 Å².